The van der Waals surface area contributed by atoms with Crippen molar-refractivity contribution in [1.82, 2.24) is 9.80 Å². The molecule has 1 N–H and O–H groups in total. The molecule has 2 aromatic carbocycles. The summed E-state index contributed by atoms with van der Waals surface area (Å²) in [5.74, 6) is 0.143. The Labute approximate surface area is 223 Å². The summed E-state index contributed by atoms with van der Waals surface area (Å²) < 4.78 is 21.9. The van der Waals surface area contributed by atoms with Crippen LogP contribution in [-0.4, -0.2) is 86.8 Å². The number of ketones is 1. The lowest BCUT2D eigenvalue weighted by Crippen LogP contribution is -2.39. The summed E-state index contributed by atoms with van der Waals surface area (Å²) >= 11 is 0. The van der Waals surface area contributed by atoms with Gasteiger partial charge >= 0.3 is 0 Å². The molecule has 1 atom stereocenters. The summed E-state index contributed by atoms with van der Waals surface area (Å²) in [6, 6.07) is 9.77. The van der Waals surface area contributed by atoms with Crippen molar-refractivity contribution in [2.45, 2.75) is 26.3 Å². The molecular weight excluding hydrogens is 488 g/mol. The van der Waals surface area contributed by atoms with E-state index >= 15 is 0 Å². The highest BCUT2D eigenvalue weighted by atomic mass is 16.5. The molecule has 0 saturated carbocycles. The molecule has 1 amide bonds. The largest absolute Gasteiger partial charge is 0.507 e. The number of morpholine rings is 1. The number of hydrogen-bond acceptors (Lipinski definition) is 8. The third-order valence-electron chi connectivity index (χ3n) is 7.01. The standard InChI is InChI=1S/C29H36N2O7/c1-5-38-23-10-7-20(18-24(23)36-4)26-25(27(32)22-9-8-21(35-3)17-19(22)2)28(33)29(34)31(26)12-6-11-30-13-15-37-16-14-30/h7-10,17-18,26,32H,5-6,11-16H2,1-4H3. The fraction of sp³-hybridized carbons (Fsp3) is 0.448. The Hall–Kier alpha value is -3.56. The topological polar surface area (TPSA) is 97.8 Å². The molecule has 2 saturated heterocycles. The number of rotatable bonds is 10. The summed E-state index contributed by atoms with van der Waals surface area (Å²) in [7, 11) is 3.11. The molecular formula is C29H36N2O7. The second-order valence-electron chi connectivity index (χ2n) is 9.32. The molecule has 0 bridgehead atoms. The van der Waals surface area contributed by atoms with Gasteiger partial charge in [0.15, 0.2) is 11.5 Å². The maximum Gasteiger partial charge on any atom is 0.295 e. The summed E-state index contributed by atoms with van der Waals surface area (Å²) in [6.07, 6.45) is 0.680. The van der Waals surface area contributed by atoms with Crippen molar-refractivity contribution < 1.29 is 33.6 Å². The molecule has 2 heterocycles. The number of likely N-dealkylation sites (tertiary alicyclic amines) is 1. The smallest absolute Gasteiger partial charge is 0.295 e. The first-order valence-electron chi connectivity index (χ1n) is 12.9. The lowest BCUT2D eigenvalue weighted by molar-refractivity contribution is -0.140. The Morgan fingerprint density at radius 2 is 1.79 bits per heavy atom. The molecule has 2 aliphatic rings. The van der Waals surface area contributed by atoms with E-state index < -0.39 is 17.7 Å². The molecule has 2 aromatic rings. The number of carbonyl (C=O) groups is 2. The third-order valence-corrected chi connectivity index (χ3v) is 7.01. The molecule has 0 spiro atoms. The Kier molecular flexibility index (Phi) is 8.91. The van der Waals surface area contributed by atoms with Gasteiger partial charge in [0.2, 0.25) is 0 Å². The van der Waals surface area contributed by atoms with Crippen molar-refractivity contribution in [1.29, 1.82) is 0 Å². The number of aliphatic hydroxyl groups excluding tert-OH is 1. The number of nitrogens with zero attached hydrogens (tertiary/aromatic N) is 2. The zero-order valence-electron chi connectivity index (χ0n) is 22.5. The predicted molar refractivity (Wildman–Crippen MR) is 143 cm³/mol. The average Bonchev–Trinajstić information content (AvgIpc) is 3.18. The van der Waals surface area contributed by atoms with E-state index in [1.165, 1.54) is 0 Å². The number of aryl methyl sites for hydroxylation is 1. The highest BCUT2D eigenvalue weighted by Gasteiger charge is 2.46. The quantitative estimate of drug-likeness (QED) is 0.286. The summed E-state index contributed by atoms with van der Waals surface area (Å²) in [5, 5.41) is 11.5. The monoisotopic (exact) mass is 524 g/mol. The van der Waals surface area contributed by atoms with Crippen LogP contribution in [0.5, 0.6) is 17.2 Å². The number of methoxy groups -OCH3 is 2. The van der Waals surface area contributed by atoms with Crippen molar-refractivity contribution in [2.24, 2.45) is 0 Å². The number of Topliss-reactive ketones (excluding diaryl/α,β-unsaturated/α-hetero) is 1. The maximum absolute atomic E-state index is 13.4. The number of carbonyl (C=O) groups excluding carboxylic acids is 2. The minimum Gasteiger partial charge on any atom is -0.507 e. The van der Waals surface area contributed by atoms with E-state index in [1.54, 1.807) is 49.5 Å². The van der Waals surface area contributed by atoms with Gasteiger partial charge in [0.05, 0.1) is 45.7 Å². The van der Waals surface area contributed by atoms with Gasteiger partial charge < -0.3 is 29.0 Å². The average molecular weight is 525 g/mol. The van der Waals surface area contributed by atoms with Gasteiger partial charge in [0.25, 0.3) is 11.7 Å². The van der Waals surface area contributed by atoms with Crippen molar-refractivity contribution in [3.05, 3.63) is 58.7 Å². The lowest BCUT2D eigenvalue weighted by Gasteiger charge is -2.29. The van der Waals surface area contributed by atoms with Crippen LogP contribution < -0.4 is 14.2 Å². The molecule has 2 aliphatic heterocycles. The second-order valence-corrected chi connectivity index (χ2v) is 9.32. The van der Waals surface area contributed by atoms with E-state index in [-0.39, 0.29) is 11.3 Å². The molecule has 0 radical (unpaired) electrons. The fourth-order valence-corrected chi connectivity index (χ4v) is 5.05. The van der Waals surface area contributed by atoms with Gasteiger partial charge in [-0.25, -0.2) is 0 Å². The number of ether oxygens (including phenoxy) is 4. The molecule has 9 nitrogen and oxygen atoms in total. The van der Waals surface area contributed by atoms with Crippen molar-refractivity contribution >= 4 is 17.4 Å². The van der Waals surface area contributed by atoms with Crippen molar-refractivity contribution in [3.63, 3.8) is 0 Å². The molecule has 38 heavy (non-hydrogen) atoms. The SMILES string of the molecule is CCOc1ccc(C2C(=C(O)c3ccc(OC)cc3C)C(=O)C(=O)N2CCCN2CCOCC2)cc1OC. The number of aliphatic hydroxyl groups is 1. The van der Waals surface area contributed by atoms with Gasteiger partial charge in [-0.15, -0.1) is 0 Å². The van der Waals surface area contributed by atoms with Crippen LogP contribution in [0.2, 0.25) is 0 Å². The lowest BCUT2D eigenvalue weighted by atomic mass is 9.93. The van der Waals surface area contributed by atoms with Crippen LogP contribution in [0.25, 0.3) is 5.76 Å². The van der Waals surface area contributed by atoms with Gasteiger partial charge in [0, 0.05) is 31.7 Å². The summed E-state index contributed by atoms with van der Waals surface area (Å²) in [5.41, 5.74) is 1.91. The molecule has 0 aliphatic carbocycles. The molecule has 0 aromatic heterocycles. The molecule has 204 valence electrons. The molecule has 1 unspecified atom stereocenters. The van der Waals surface area contributed by atoms with E-state index in [4.69, 9.17) is 18.9 Å². The number of hydrogen-bond donors (Lipinski definition) is 1. The van der Waals surface area contributed by atoms with E-state index in [0.717, 1.165) is 25.2 Å². The first kappa shape index (κ1) is 27.5. The predicted octanol–water partition coefficient (Wildman–Crippen LogP) is 3.55. The minimum absolute atomic E-state index is 0.0563. The minimum atomic E-state index is -0.772. The first-order chi connectivity index (χ1) is 18.4. The van der Waals surface area contributed by atoms with Crippen LogP contribution in [-0.2, 0) is 14.3 Å². The molecule has 9 heteroatoms. The van der Waals surface area contributed by atoms with E-state index in [9.17, 15) is 14.7 Å². The Bertz CT molecular complexity index is 1200. The van der Waals surface area contributed by atoms with E-state index in [0.29, 0.717) is 61.2 Å². The summed E-state index contributed by atoms with van der Waals surface area (Å²) in [6.45, 7) is 8.38. The van der Waals surface area contributed by atoms with Crippen LogP contribution in [0.15, 0.2) is 42.0 Å². The third kappa shape index (κ3) is 5.63. The second kappa shape index (κ2) is 12.3. The van der Waals surface area contributed by atoms with Crippen LogP contribution in [0, 0.1) is 6.92 Å². The zero-order chi connectivity index (χ0) is 27.2. The number of amides is 1. The van der Waals surface area contributed by atoms with Gasteiger partial charge in [-0.1, -0.05) is 6.07 Å². The van der Waals surface area contributed by atoms with Gasteiger partial charge in [0.1, 0.15) is 11.5 Å². The highest BCUT2D eigenvalue weighted by molar-refractivity contribution is 6.46. The van der Waals surface area contributed by atoms with Crippen LogP contribution >= 0.6 is 0 Å². The van der Waals surface area contributed by atoms with E-state index in [1.807, 2.05) is 19.9 Å². The molecule has 2 fully saturated rings. The Morgan fingerprint density at radius 1 is 1.03 bits per heavy atom. The fourth-order valence-electron chi connectivity index (χ4n) is 5.05. The van der Waals surface area contributed by atoms with Gasteiger partial charge in [-0.2, -0.15) is 0 Å². The first-order valence-corrected chi connectivity index (χ1v) is 12.9. The Morgan fingerprint density at radius 3 is 2.45 bits per heavy atom. The maximum atomic E-state index is 13.4. The highest BCUT2D eigenvalue weighted by Crippen LogP contribution is 2.42. The van der Waals surface area contributed by atoms with Gasteiger partial charge in [-0.05, 0) is 61.7 Å². The summed E-state index contributed by atoms with van der Waals surface area (Å²) in [4.78, 5) is 30.6. The van der Waals surface area contributed by atoms with Crippen LogP contribution in [0.1, 0.15) is 36.1 Å². The molecule has 4 rings (SSSR count). The van der Waals surface area contributed by atoms with Crippen LogP contribution in [0.4, 0.5) is 0 Å². The van der Waals surface area contributed by atoms with Crippen LogP contribution in [0.3, 0.4) is 0 Å². The number of benzene rings is 2. The van der Waals surface area contributed by atoms with Gasteiger partial charge in [-0.3, -0.25) is 14.5 Å². The normalized spacial score (nSPS) is 19.6. The van der Waals surface area contributed by atoms with Crippen molar-refractivity contribution in [2.75, 3.05) is 60.2 Å². The van der Waals surface area contributed by atoms with E-state index in [2.05, 4.69) is 4.90 Å². The Balaban J connectivity index is 1.75. The van der Waals surface area contributed by atoms with Crippen molar-refractivity contribution in [3.8, 4) is 17.2 Å². The zero-order valence-corrected chi connectivity index (χ0v) is 22.5.